The van der Waals surface area contributed by atoms with Gasteiger partial charge >= 0.3 is 0 Å². The molecule has 1 aromatic heterocycles. The van der Waals surface area contributed by atoms with Gasteiger partial charge in [0.1, 0.15) is 5.69 Å². The zero-order valence-corrected chi connectivity index (χ0v) is 11.6. The molecule has 1 aromatic rings. The summed E-state index contributed by atoms with van der Waals surface area (Å²) in [5, 5.41) is 0. The topological polar surface area (TPSA) is 58.6 Å². The van der Waals surface area contributed by atoms with Gasteiger partial charge in [-0.3, -0.25) is 4.79 Å². The minimum Gasteiger partial charge on any atom is -0.378 e. The average Bonchev–Trinajstić information content (AvgIpc) is 2.56. The van der Waals surface area contributed by atoms with Crippen LogP contribution in [0.15, 0.2) is 12.3 Å². The van der Waals surface area contributed by atoms with E-state index in [1.165, 1.54) is 19.3 Å². The second kappa shape index (κ2) is 6.17. The minimum atomic E-state index is -0.0195. The van der Waals surface area contributed by atoms with E-state index in [9.17, 15) is 4.79 Å². The molecule has 0 spiro atoms. The standard InChI is InChI=1S/C14H20N4O2/c19-13(17-8-10-20-11-9-17)12-4-5-15-14(16-12)18-6-2-1-3-7-18/h4-5H,1-3,6-11H2. The fourth-order valence-electron chi connectivity index (χ4n) is 2.64. The van der Waals surface area contributed by atoms with Crippen LogP contribution in [0.4, 0.5) is 5.95 Å². The van der Waals surface area contributed by atoms with Crippen molar-refractivity contribution in [1.82, 2.24) is 14.9 Å². The van der Waals surface area contributed by atoms with Gasteiger partial charge in [0.25, 0.3) is 5.91 Å². The van der Waals surface area contributed by atoms with Crippen LogP contribution in [0.2, 0.25) is 0 Å². The lowest BCUT2D eigenvalue weighted by Crippen LogP contribution is -2.41. The number of rotatable bonds is 2. The van der Waals surface area contributed by atoms with Crippen LogP contribution >= 0.6 is 0 Å². The van der Waals surface area contributed by atoms with Gasteiger partial charge in [0.05, 0.1) is 13.2 Å². The predicted molar refractivity (Wildman–Crippen MR) is 74.8 cm³/mol. The summed E-state index contributed by atoms with van der Waals surface area (Å²) >= 11 is 0. The summed E-state index contributed by atoms with van der Waals surface area (Å²) in [5.74, 6) is 0.665. The lowest BCUT2D eigenvalue weighted by atomic mass is 10.1. The number of amides is 1. The van der Waals surface area contributed by atoms with Gasteiger partial charge in [-0.15, -0.1) is 0 Å². The number of anilines is 1. The Balaban J connectivity index is 1.74. The monoisotopic (exact) mass is 276 g/mol. The number of carbonyl (C=O) groups is 1. The van der Waals surface area contributed by atoms with Crippen molar-refractivity contribution in [3.05, 3.63) is 18.0 Å². The molecule has 6 heteroatoms. The molecule has 3 heterocycles. The fraction of sp³-hybridized carbons (Fsp3) is 0.643. The SMILES string of the molecule is O=C(c1ccnc(N2CCCCC2)n1)N1CCOCC1. The molecule has 1 amide bonds. The normalized spacial score (nSPS) is 20.0. The lowest BCUT2D eigenvalue weighted by Gasteiger charge is -2.28. The third-order valence-electron chi connectivity index (χ3n) is 3.80. The molecular formula is C14H20N4O2. The van der Waals surface area contributed by atoms with E-state index in [0.717, 1.165) is 13.1 Å². The summed E-state index contributed by atoms with van der Waals surface area (Å²) in [4.78, 5) is 25.1. The highest BCUT2D eigenvalue weighted by molar-refractivity contribution is 5.92. The molecule has 0 unspecified atom stereocenters. The molecule has 0 saturated carbocycles. The van der Waals surface area contributed by atoms with Crippen molar-refractivity contribution in [2.45, 2.75) is 19.3 Å². The Hall–Kier alpha value is -1.69. The number of carbonyl (C=O) groups excluding carboxylic acids is 1. The highest BCUT2D eigenvalue weighted by atomic mass is 16.5. The molecule has 2 saturated heterocycles. The summed E-state index contributed by atoms with van der Waals surface area (Å²) in [6, 6.07) is 1.70. The van der Waals surface area contributed by atoms with E-state index >= 15 is 0 Å². The van der Waals surface area contributed by atoms with E-state index < -0.39 is 0 Å². The molecule has 0 aliphatic carbocycles. The maximum atomic E-state index is 12.4. The summed E-state index contributed by atoms with van der Waals surface area (Å²) in [7, 11) is 0. The molecule has 20 heavy (non-hydrogen) atoms. The number of morpholine rings is 1. The third-order valence-corrected chi connectivity index (χ3v) is 3.80. The molecule has 6 nitrogen and oxygen atoms in total. The number of hydrogen-bond acceptors (Lipinski definition) is 5. The van der Waals surface area contributed by atoms with Crippen molar-refractivity contribution >= 4 is 11.9 Å². The van der Waals surface area contributed by atoms with Crippen molar-refractivity contribution in [3.63, 3.8) is 0 Å². The molecule has 0 atom stereocenters. The van der Waals surface area contributed by atoms with Crippen molar-refractivity contribution in [3.8, 4) is 0 Å². The molecule has 2 aliphatic rings. The van der Waals surface area contributed by atoms with Crippen LogP contribution in [0.1, 0.15) is 29.8 Å². The van der Waals surface area contributed by atoms with E-state index in [1.54, 1.807) is 17.2 Å². The van der Waals surface area contributed by atoms with Crippen molar-refractivity contribution < 1.29 is 9.53 Å². The van der Waals surface area contributed by atoms with E-state index in [1.807, 2.05) is 0 Å². The van der Waals surface area contributed by atoms with E-state index in [-0.39, 0.29) is 5.91 Å². The summed E-state index contributed by atoms with van der Waals surface area (Å²) in [6.07, 6.45) is 5.30. The molecule has 3 rings (SSSR count). The van der Waals surface area contributed by atoms with Crippen LogP contribution in [-0.4, -0.2) is 60.2 Å². The van der Waals surface area contributed by atoms with Crippen LogP contribution in [0, 0.1) is 0 Å². The van der Waals surface area contributed by atoms with E-state index in [0.29, 0.717) is 37.9 Å². The molecule has 2 fully saturated rings. The van der Waals surface area contributed by atoms with E-state index in [2.05, 4.69) is 14.9 Å². The van der Waals surface area contributed by atoms with E-state index in [4.69, 9.17) is 4.74 Å². The Morgan fingerprint density at radius 1 is 1.10 bits per heavy atom. The fourth-order valence-corrected chi connectivity index (χ4v) is 2.64. The van der Waals surface area contributed by atoms with Gasteiger partial charge < -0.3 is 14.5 Å². The molecule has 0 radical (unpaired) electrons. The lowest BCUT2D eigenvalue weighted by molar-refractivity contribution is 0.0299. The van der Waals surface area contributed by atoms with Gasteiger partial charge in [0, 0.05) is 32.4 Å². The van der Waals surface area contributed by atoms with Gasteiger partial charge in [-0.05, 0) is 25.3 Å². The minimum absolute atomic E-state index is 0.0195. The second-order valence-corrected chi connectivity index (χ2v) is 5.19. The highest BCUT2D eigenvalue weighted by Crippen LogP contribution is 2.16. The molecular weight excluding hydrogens is 256 g/mol. The smallest absolute Gasteiger partial charge is 0.272 e. The Labute approximate surface area is 118 Å². The first-order valence-corrected chi connectivity index (χ1v) is 7.29. The zero-order valence-electron chi connectivity index (χ0n) is 11.6. The van der Waals surface area contributed by atoms with Crippen LogP contribution in [-0.2, 0) is 4.74 Å². The summed E-state index contributed by atoms with van der Waals surface area (Å²) in [5.41, 5.74) is 0.488. The number of hydrogen-bond donors (Lipinski definition) is 0. The molecule has 0 bridgehead atoms. The van der Waals surface area contributed by atoms with Gasteiger partial charge in [-0.2, -0.15) is 0 Å². The van der Waals surface area contributed by atoms with Gasteiger partial charge in [-0.1, -0.05) is 0 Å². The van der Waals surface area contributed by atoms with Crippen molar-refractivity contribution in [1.29, 1.82) is 0 Å². The molecule has 108 valence electrons. The first-order valence-electron chi connectivity index (χ1n) is 7.29. The van der Waals surface area contributed by atoms with Crippen LogP contribution in [0.5, 0.6) is 0 Å². The maximum Gasteiger partial charge on any atom is 0.272 e. The van der Waals surface area contributed by atoms with Crippen LogP contribution < -0.4 is 4.90 Å². The highest BCUT2D eigenvalue weighted by Gasteiger charge is 2.21. The first-order chi connectivity index (χ1) is 9.84. The molecule has 0 aromatic carbocycles. The van der Waals surface area contributed by atoms with Gasteiger partial charge in [-0.25, -0.2) is 9.97 Å². The third kappa shape index (κ3) is 2.90. The summed E-state index contributed by atoms with van der Waals surface area (Å²) in [6.45, 7) is 4.46. The average molecular weight is 276 g/mol. The predicted octanol–water partition coefficient (Wildman–Crippen LogP) is 0.939. The summed E-state index contributed by atoms with van der Waals surface area (Å²) < 4.78 is 5.27. The maximum absolute atomic E-state index is 12.4. The molecule has 2 aliphatic heterocycles. The van der Waals surface area contributed by atoms with Crippen molar-refractivity contribution in [2.75, 3.05) is 44.3 Å². The number of aromatic nitrogens is 2. The number of piperidine rings is 1. The first kappa shape index (κ1) is 13.3. The number of ether oxygens (including phenoxy) is 1. The van der Waals surface area contributed by atoms with Crippen LogP contribution in [0.3, 0.4) is 0 Å². The Morgan fingerprint density at radius 3 is 2.60 bits per heavy atom. The number of nitrogens with zero attached hydrogens (tertiary/aromatic N) is 4. The van der Waals surface area contributed by atoms with Gasteiger partial charge in [0.15, 0.2) is 0 Å². The molecule has 0 N–H and O–H groups in total. The Bertz CT molecular complexity index is 468. The Kier molecular flexibility index (Phi) is 4.11. The second-order valence-electron chi connectivity index (χ2n) is 5.19. The van der Waals surface area contributed by atoms with Gasteiger partial charge in [0.2, 0.25) is 5.95 Å². The van der Waals surface area contributed by atoms with Crippen LogP contribution in [0.25, 0.3) is 0 Å². The Morgan fingerprint density at radius 2 is 1.85 bits per heavy atom. The zero-order chi connectivity index (χ0) is 13.8. The van der Waals surface area contributed by atoms with Crippen molar-refractivity contribution in [2.24, 2.45) is 0 Å². The quantitative estimate of drug-likeness (QED) is 0.804. The largest absolute Gasteiger partial charge is 0.378 e.